The van der Waals surface area contributed by atoms with Gasteiger partial charge in [0.1, 0.15) is 12.7 Å². The largest absolute Gasteiger partial charge is 0.372 e. The fourth-order valence-electron chi connectivity index (χ4n) is 3.01. The summed E-state index contributed by atoms with van der Waals surface area (Å²) in [4.78, 5) is 23.2. The smallest absolute Gasteiger partial charge is 0.251 e. The number of nitrogens with one attached hydrogen (secondary N) is 1. The van der Waals surface area contributed by atoms with Crippen LogP contribution in [0.25, 0.3) is 5.82 Å². The van der Waals surface area contributed by atoms with Crippen LogP contribution >= 0.6 is 0 Å². The second kappa shape index (κ2) is 9.64. The number of benzene rings is 1. The minimum Gasteiger partial charge on any atom is -0.372 e. The van der Waals surface area contributed by atoms with E-state index in [1.165, 1.54) is 12.7 Å². The van der Waals surface area contributed by atoms with Gasteiger partial charge in [-0.2, -0.15) is 5.10 Å². The zero-order valence-electron chi connectivity index (χ0n) is 16.4. The summed E-state index contributed by atoms with van der Waals surface area (Å²) in [5.41, 5.74) is 2.66. The summed E-state index contributed by atoms with van der Waals surface area (Å²) >= 11 is 0. The molecule has 3 rings (SSSR count). The van der Waals surface area contributed by atoms with Crippen LogP contribution < -0.4 is 10.2 Å². The van der Waals surface area contributed by atoms with Crippen molar-refractivity contribution >= 4 is 11.6 Å². The van der Waals surface area contributed by atoms with Crippen LogP contribution in [-0.2, 0) is 6.54 Å². The van der Waals surface area contributed by atoms with Crippen LogP contribution in [0.4, 0.5) is 5.69 Å². The van der Waals surface area contributed by atoms with Gasteiger partial charge in [-0.05, 0) is 43.7 Å². The first kappa shape index (κ1) is 19.5. The Bertz CT molecular complexity index is 876. The number of carbonyl (C=O) groups is 1. The van der Waals surface area contributed by atoms with E-state index >= 15 is 0 Å². The van der Waals surface area contributed by atoms with E-state index < -0.39 is 0 Å². The standard InChI is InChI=1S/C21H26N6O/c1-3-5-13-26(4-2)19-10-8-17(9-11-19)21(28)24-14-18-7-6-12-23-20(18)27-16-22-15-25-27/h6-12,15-16H,3-5,13-14H2,1-2H3,(H,24,28). The van der Waals surface area contributed by atoms with E-state index in [4.69, 9.17) is 0 Å². The molecule has 0 fully saturated rings. The van der Waals surface area contributed by atoms with Crippen molar-refractivity contribution in [3.05, 3.63) is 66.4 Å². The van der Waals surface area contributed by atoms with E-state index in [0.29, 0.717) is 17.9 Å². The number of carbonyl (C=O) groups excluding carboxylic acids is 1. The number of hydrogen-bond donors (Lipinski definition) is 1. The molecule has 0 saturated heterocycles. The van der Waals surface area contributed by atoms with Crippen molar-refractivity contribution in [2.75, 3.05) is 18.0 Å². The van der Waals surface area contributed by atoms with Crippen molar-refractivity contribution in [3.8, 4) is 5.82 Å². The zero-order chi connectivity index (χ0) is 19.8. The van der Waals surface area contributed by atoms with Gasteiger partial charge in [0.2, 0.25) is 0 Å². The third-order valence-corrected chi connectivity index (χ3v) is 4.60. The molecule has 0 spiro atoms. The first-order valence-corrected chi connectivity index (χ1v) is 9.65. The average Bonchev–Trinajstić information content (AvgIpc) is 3.28. The highest BCUT2D eigenvalue weighted by Gasteiger charge is 2.11. The Hall–Kier alpha value is -3.22. The van der Waals surface area contributed by atoms with E-state index in [2.05, 4.69) is 39.1 Å². The van der Waals surface area contributed by atoms with Gasteiger partial charge in [0, 0.05) is 42.6 Å². The maximum absolute atomic E-state index is 12.6. The Balaban J connectivity index is 1.64. The van der Waals surface area contributed by atoms with Crippen molar-refractivity contribution in [1.82, 2.24) is 25.1 Å². The average molecular weight is 378 g/mol. The van der Waals surface area contributed by atoms with Crippen molar-refractivity contribution in [2.24, 2.45) is 0 Å². The molecule has 1 amide bonds. The van der Waals surface area contributed by atoms with E-state index in [9.17, 15) is 4.79 Å². The Morgan fingerprint density at radius 3 is 2.68 bits per heavy atom. The molecule has 0 saturated carbocycles. The molecule has 2 aromatic heterocycles. The van der Waals surface area contributed by atoms with Gasteiger partial charge in [-0.3, -0.25) is 4.79 Å². The third kappa shape index (κ3) is 4.73. The number of hydrogen-bond acceptors (Lipinski definition) is 5. The molecule has 7 nitrogen and oxygen atoms in total. The van der Waals surface area contributed by atoms with Crippen molar-refractivity contribution in [2.45, 2.75) is 33.2 Å². The molecule has 1 N–H and O–H groups in total. The fraction of sp³-hybridized carbons (Fsp3) is 0.333. The highest BCUT2D eigenvalue weighted by atomic mass is 16.1. The van der Waals surface area contributed by atoms with Crippen LogP contribution in [-0.4, -0.2) is 38.7 Å². The van der Waals surface area contributed by atoms with Crippen LogP contribution in [0.5, 0.6) is 0 Å². The molecule has 28 heavy (non-hydrogen) atoms. The first-order chi connectivity index (χ1) is 13.7. The summed E-state index contributed by atoms with van der Waals surface area (Å²) in [5, 5.41) is 7.07. The molecular weight excluding hydrogens is 352 g/mol. The van der Waals surface area contributed by atoms with Gasteiger partial charge in [0.15, 0.2) is 5.82 Å². The summed E-state index contributed by atoms with van der Waals surface area (Å²) < 4.78 is 1.59. The number of pyridine rings is 1. The van der Waals surface area contributed by atoms with Gasteiger partial charge in [-0.1, -0.05) is 19.4 Å². The highest BCUT2D eigenvalue weighted by Crippen LogP contribution is 2.16. The topological polar surface area (TPSA) is 75.9 Å². The maximum Gasteiger partial charge on any atom is 0.251 e. The van der Waals surface area contributed by atoms with Crippen molar-refractivity contribution in [3.63, 3.8) is 0 Å². The SMILES string of the molecule is CCCCN(CC)c1ccc(C(=O)NCc2cccnc2-n2cncn2)cc1. The van der Waals surface area contributed by atoms with Crippen molar-refractivity contribution in [1.29, 1.82) is 0 Å². The quantitative estimate of drug-likeness (QED) is 0.619. The van der Waals surface area contributed by atoms with E-state index in [1.54, 1.807) is 17.2 Å². The second-order valence-corrected chi connectivity index (χ2v) is 6.49. The molecule has 0 aliphatic heterocycles. The Morgan fingerprint density at radius 1 is 1.18 bits per heavy atom. The van der Waals surface area contributed by atoms with Crippen molar-refractivity contribution < 1.29 is 4.79 Å². The molecule has 3 aromatic rings. The highest BCUT2D eigenvalue weighted by molar-refractivity contribution is 5.94. The normalized spacial score (nSPS) is 10.6. The number of amides is 1. The lowest BCUT2D eigenvalue weighted by molar-refractivity contribution is 0.0951. The zero-order valence-corrected chi connectivity index (χ0v) is 16.4. The lowest BCUT2D eigenvalue weighted by atomic mass is 10.1. The van der Waals surface area contributed by atoms with Crippen LogP contribution in [0.15, 0.2) is 55.2 Å². The lowest BCUT2D eigenvalue weighted by Gasteiger charge is -2.23. The molecule has 0 atom stereocenters. The number of unbranched alkanes of at least 4 members (excludes halogenated alkanes) is 1. The van der Waals surface area contributed by atoms with Gasteiger partial charge >= 0.3 is 0 Å². The molecular formula is C21H26N6O. The summed E-state index contributed by atoms with van der Waals surface area (Å²) in [5.74, 6) is 0.543. The summed E-state index contributed by atoms with van der Waals surface area (Å²) in [7, 11) is 0. The Morgan fingerprint density at radius 2 is 2.00 bits per heavy atom. The van der Waals surface area contributed by atoms with Gasteiger partial charge in [0.25, 0.3) is 5.91 Å². The van der Waals surface area contributed by atoms with Crippen LogP contribution in [0.2, 0.25) is 0 Å². The molecule has 0 bridgehead atoms. The van der Waals surface area contributed by atoms with Crippen LogP contribution in [0, 0.1) is 0 Å². The number of nitrogens with zero attached hydrogens (tertiary/aromatic N) is 5. The molecule has 0 unspecified atom stereocenters. The van der Waals surface area contributed by atoms with E-state index in [0.717, 1.165) is 30.8 Å². The fourth-order valence-corrected chi connectivity index (χ4v) is 3.01. The predicted octanol–water partition coefficient (Wildman–Crippen LogP) is 3.22. The summed E-state index contributed by atoms with van der Waals surface area (Å²) in [6, 6.07) is 11.5. The summed E-state index contributed by atoms with van der Waals surface area (Å²) in [6.45, 7) is 6.69. The second-order valence-electron chi connectivity index (χ2n) is 6.49. The third-order valence-electron chi connectivity index (χ3n) is 4.60. The first-order valence-electron chi connectivity index (χ1n) is 9.65. The monoisotopic (exact) mass is 378 g/mol. The minimum absolute atomic E-state index is 0.114. The maximum atomic E-state index is 12.6. The molecule has 7 heteroatoms. The molecule has 2 heterocycles. The molecule has 0 aliphatic carbocycles. The Labute approximate surface area is 165 Å². The van der Waals surface area contributed by atoms with Gasteiger partial charge in [0.05, 0.1) is 0 Å². The predicted molar refractivity (Wildman–Crippen MR) is 110 cm³/mol. The number of anilines is 1. The van der Waals surface area contributed by atoms with E-state index in [-0.39, 0.29) is 5.91 Å². The van der Waals surface area contributed by atoms with Gasteiger partial charge < -0.3 is 10.2 Å². The van der Waals surface area contributed by atoms with Crippen LogP contribution in [0.1, 0.15) is 42.6 Å². The molecule has 0 radical (unpaired) electrons. The lowest BCUT2D eigenvalue weighted by Crippen LogP contribution is -2.25. The van der Waals surface area contributed by atoms with Gasteiger partial charge in [-0.15, -0.1) is 0 Å². The van der Waals surface area contributed by atoms with Crippen LogP contribution in [0.3, 0.4) is 0 Å². The Kier molecular flexibility index (Phi) is 6.73. The molecule has 1 aromatic carbocycles. The number of rotatable bonds is 9. The van der Waals surface area contributed by atoms with Gasteiger partial charge in [-0.25, -0.2) is 14.6 Å². The summed E-state index contributed by atoms with van der Waals surface area (Å²) in [6.07, 6.45) is 7.07. The molecule has 0 aliphatic rings. The minimum atomic E-state index is -0.114. The molecule has 146 valence electrons. The van der Waals surface area contributed by atoms with E-state index in [1.807, 2.05) is 36.4 Å². The number of aromatic nitrogens is 4.